The lowest BCUT2D eigenvalue weighted by atomic mass is 10.2. The molecular formula is C11H17N3O2S. The number of nitrogens with zero attached hydrogens (tertiary/aromatic N) is 1. The van der Waals surface area contributed by atoms with E-state index in [4.69, 9.17) is 10.6 Å². The second-order valence-electron chi connectivity index (χ2n) is 4.16. The van der Waals surface area contributed by atoms with E-state index in [0.29, 0.717) is 4.88 Å². The maximum atomic E-state index is 11.5. The van der Waals surface area contributed by atoms with Gasteiger partial charge in [0.25, 0.3) is 5.91 Å². The summed E-state index contributed by atoms with van der Waals surface area (Å²) in [6.07, 6.45) is 0.258. The predicted octanol–water partition coefficient (Wildman–Crippen LogP) is 0.572. The lowest BCUT2D eigenvalue weighted by molar-refractivity contribution is -0.0212. The van der Waals surface area contributed by atoms with Gasteiger partial charge in [-0.05, 0) is 23.9 Å². The van der Waals surface area contributed by atoms with Gasteiger partial charge >= 0.3 is 0 Å². The van der Waals surface area contributed by atoms with E-state index >= 15 is 0 Å². The van der Waals surface area contributed by atoms with Crippen molar-refractivity contribution in [3.8, 4) is 0 Å². The number of morpholine rings is 1. The van der Waals surface area contributed by atoms with Gasteiger partial charge in [-0.2, -0.15) is 0 Å². The standard InChI is InChI=1S/C11H17N3O2S/c1-8-6-14(3-4-16-8)7-9-2-5-17-10(9)11(15)13-12/h2,5,8H,3-4,6-7,12H2,1H3,(H,13,15). The van der Waals surface area contributed by atoms with Crippen LogP contribution >= 0.6 is 11.3 Å². The van der Waals surface area contributed by atoms with Gasteiger partial charge in [0.15, 0.2) is 0 Å². The summed E-state index contributed by atoms with van der Waals surface area (Å²) in [7, 11) is 0. The lowest BCUT2D eigenvalue weighted by Crippen LogP contribution is -2.40. The second kappa shape index (κ2) is 5.59. The maximum absolute atomic E-state index is 11.5. The molecule has 0 spiro atoms. The molecule has 17 heavy (non-hydrogen) atoms. The average molecular weight is 255 g/mol. The van der Waals surface area contributed by atoms with Crippen molar-refractivity contribution in [2.24, 2.45) is 5.84 Å². The first-order chi connectivity index (χ1) is 8.20. The molecule has 0 aromatic carbocycles. The summed E-state index contributed by atoms with van der Waals surface area (Å²) in [5.74, 6) is 4.95. The first-order valence-corrected chi connectivity index (χ1v) is 6.50. The summed E-state index contributed by atoms with van der Waals surface area (Å²) in [5, 5.41) is 1.92. The quantitative estimate of drug-likeness (QED) is 0.471. The molecule has 1 unspecified atom stereocenters. The smallest absolute Gasteiger partial charge is 0.275 e. The summed E-state index contributed by atoms with van der Waals surface area (Å²) in [6.45, 7) is 5.40. The van der Waals surface area contributed by atoms with E-state index in [2.05, 4.69) is 17.2 Å². The Bertz CT molecular complexity index is 394. The van der Waals surface area contributed by atoms with E-state index in [-0.39, 0.29) is 12.0 Å². The molecule has 1 amide bonds. The number of nitrogen functional groups attached to an aromatic ring is 1. The van der Waals surface area contributed by atoms with Crippen LogP contribution in [0.15, 0.2) is 11.4 Å². The van der Waals surface area contributed by atoms with Crippen LogP contribution < -0.4 is 11.3 Å². The molecule has 3 N–H and O–H groups in total. The summed E-state index contributed by atoms with van der Waals surface area (Å²) in [4.78, 5) is 14.5. The van der Waals surface area contributed by atoms with Crippen molar-refractivity contribution in [3.05, 3.63) is 21.9 Å². The molecule has 2 heterocycles. The van der Waals surface area contributed by atoms with Gasteiger partial charge < -0.3 is 4.74 Å². The van der Waals surface area contributed by atoms with Crippen molar-refractivity contribution in [1.82, 2.24) is 10.3 Å². The van der Waals surface area contributed by atoms with E-state index < -0.39 is 0 Å². The van der Waals surface area contributed by atoms with Gasteiger partial charge in [-0.15, -0.1) is 11.3 Å². The van der Waals surface area contributed by atoms with Gasteiger partial charge in [0.1, 0.15) is 0 Å². The Kier molecular flexibility index (Phi) is 4.11. The Balaban J connectivity index is 2.03. The zero-order chi connectivity index (χ0) is 12.3. The van der Waals surface area contributed by atoms with Crippen LogP contribution in [0.5, 0.6) is 0 Å². The number of thiophene rings is 1. The molecule has 0 saturated carbocycles. The average Bonchev–Trinajstić information content (AvgIpc) is 2.76. The minimum Gasteiger partial charge on any atom is -0.376 e. The van der Waals surface area contributed by atoms with Gasteiger partial charge in [-0.1, -0.05) is 0 Å². The molecule has 1 aliphatic rings. The number of hydrogen-bond acceptors (Lipinski definition) is 5. The molecule has 0 radical (unpaired) electrons. The molecular weight excluding hydrogens is 238 g/mol. The Hall–Kier alpha value is -0.950. The number of nitrogens with two attached hydrogens (primary N) is 1. The van der Waals surface area contributed by atoms with Gasteiger partial charge in [-0.25, -0.2) is 5.84 Å². The zero-order valence-corrected chi connectivity index (χ0v) is 10.6. The van der Waals surface area contributed by atoms with Gasteiger partial charge in [0, 0.05) is 19.6 Å². The molecule has 1 atom stereocenters. The number of carbonyl (C=O) groups excluding carboxylic acids is 1. The van der Waals surface area contributed by atoms with Crippen LogP contribution in [0, 0.1) is 0 Å². The van der Waals surface area contributed by atoms with Gasteiger partial charge in [0.05, 0.1) is 17.6 Å². The second-order valence-corrected chi connectivity index (χ2v) is 5.08. The number of hydrazine groups is 1. The van der Waals surface area contributed by atoms with E-state index in [1.165, 1.54) is 11.3 Å². The van der Waals surface area contributed by atoms with Crippen molar-refractivity contribution >= 4 is 17.2 Å². The van der Waals surface area contributed by atoms with Crippen LogP contribution in [0.4, 0.5) is 0 Å². The van der Waals surface area contributed by atoms with Crippen molar-refractivity contribution in [3.63, 3.8) is 0 Å². The number of nitrogens with one attached hydrogen (secondary N) is 1. The molecule has 0 aliphatic carbocycles. The van der Waals surface area contributed by atoms with E-state index in [1.807, 2.05) is 11.4 Å². The molecule has 1 aliphatic heterocycles. The largest absolute Gasteiger partial charge is 0.376 e. The predicted molar refractivity (Wildman–Crippen MR) is 66.7 cm³/mol. The van der Waals surface area contributed by atoms with Crippen LogP contribution in [0.2, 0.25) is 0 Å². The van der Waals surface area contributed by atoms with Crippen molar-refractivity contribution in [2.45, 2.75) is 19.6 Å². The van der Waals surface area contributed by atoms with Crippen LogP contribution in [0.25, 0.3) is 0 Å². The number of hydrogen-bond donors (Lipinski definition) is 2. The molecule has 0 bridgehead atoms. The highest BCUT2D eigenvalue weighted by Crippen LogP contribution is 2.19. The van der Waals surface area contributed by atoms with Crippen LogP contribution in [-0.4, -0.2) is 36.6 Å². The molecule has 1 fully saturated rings. The Morgan fingerprint density at radius 3 is 3.29 bits per heavy atom. The first kappa shape index (κ1) is 12.5. The summed E-state index contributed by atoms with van der Waals surface area (Å²) >= 11 is 1.42. The number of rotatable bonds is 3. The molecule has 1 aromatic rings. The molecule has 1 aromatic heterocycles. The fourth-order valence-electron chi connectivity index (χ4n) is 2.00. The minimum absolute atomic E-state index is 0.212. The third-order valence-corrected chi connectivity index (χ3v) is 3.76. The third-order valence-electron chi connectivity index (χ3n) is 2.80. The molecule has 2 rings (SSSR count). The van der Waals surface area contributed by atoms with Gasteiger partial charge in [0.2, 0.25) is 0 Å². The first-order valence-electron chi connectivity index (χ1n) is 5.62. The molecule has 5 nitrogen and oxygen atoms in total. The minimum atomic E-state index is -0.212. The van der Waals surface area contributed by atoms with E-state index in [1.54, 1.807) is 0 Å². The topological polar surface area (TPSA) is 67.6 Å². The van der Waals surface area contributed by atoms with E-state index in [9.17, 15) is 4.79 Å². The van der Waals surface area contributed by atoms with Crippen LogP contribution in [-0.2, 0) is 11.3 Å². The summed E-state index contributed by atoms with van der Waals surface area (Å²) in [6, 6.07) is 1.98. The van der Waals surface area contributed by atoms with Crippen LogP contribution in [0.3, 0.4) is 0 Å². The fraction of sp³-hybridized carbons (Fsp3) is 0.545. The normalized spacial score (nSPS) is 21.4. The fourth-order valence-corrected chi connectivity index (χ4v) is 2.82. The SMILES string of the molecule is CC1CN(Cc2ccsc2C(=O)NN)CCO1. The number of amides is 1. The zero-order valence-electron chi connectivity index (χ0n) is 9.81. The molecule has 1 saturated heterocycles. The Morgan fingerprint density at radius 2 is 2.59 bits per heavy atom. The highest BCUT2D eigenvalue weighted by atomic mass is 32.1. The highest BCUT2D eigenvalue weighted by Gasteiger charge is 2.19. The monoisotopic (exact) mass is 255 g/mol. The summed E-state index contributed by atoms with van der Waals surface area (Å²) < 4.78 is 5.49. The highest BCUT2D eigenvalue weighted by molar-refractivity contribution is 7.12. The summed E-state index contributed by atoms with van der Waals surface area (Å²) in [5.41, 5.74) is 3.22. The molecule has 6 heteroatoms. The molecule has 94 valence electrons. The van der Waals surface area contributed by atoms with Crippen molar-refractivity contribution in [2.75, 3.05) is 19.7 Å². The van der Waals surface area contributed by atoms with Crippen molar-refractivity contribution in [1.29, 1.82) is 0 Å². The number of ether oxygens (including phenoxy) is 1. The van der Waals surface area contributed by atoms with Crippen LogP contribution in [0.1, 0.15) is 22.2 Å². The van der Waals surface area contributed by atoms with E-state index in [0.717, 1.165) is 31.8 Å². The Morgan fingerprint density at radius 1 is 1.76 bits per heavy atom. The Labute approximate surface area is 105 Å². The maximum Gasteiger partial charge on any atom is 0.275 e. The lowest BCUT2D eigenvalue weighted by Gasteiger charge is -2.31. The number of carbonyl (C=O) groups is 1. The van der Waals surface area contributed by atoms with Crippen molar-refractivity contribution < 1.29 is 9.53 Å². The van der Waals surface area contributed by atoms with Gasteiger partial charge in [-0.3, -0.25) is 15.1 Å². The third kappa shape index (κ3) is 3.04.